The molecule has 0 aliphatic rings. The minimum atomic E-state index is 0.441. The molecular weight excluding hydrogens is 456 g/mol. The minimum Gasteiger partial charge on any atom is -0.222 e. The summed E-state index contributed by atoms with van der Waals surface area (Å²) < 4.78 is 0. The molecule has 3 rings (SSSR count). The van der Waals surface area contributed by atoms with Crippen LogP contribution in [-0.2, 0) is 25.7 Å². The predicted octanol–water partition coefficient (Wildman–Crippen LogP) is 6.27. The number of para-hydroxylation sites is 1. The fourth-order valence-corrected chi connectivity index (χ4v) is 2.82. The Morgan fingerprint density at radius 1 is 0.667 bits per heavy atom. The third-order valence-electron chi connectivity index (χ3n) is 4.70. The van der Waals surface area contributed by atoms with Gasteiger partial charge in [0.05, 0.1) is 17.9 Å². The van der Waals surface area contributed by atoms with Gasteiger partial charge in [0, 0.05) is 0 Å². The van der Waals surface area contributed by atoms with E-state index in [1.807, 2.05) is 95.3 Å². The molecule has 36 heavy (non-hydrogen) atoms. The highest BCUT2D eigenvalue weighted by molar-refractivity contribution is 5.57. The second-order valence-electron chi connectivity index (χ2n) is 7.37. The van der Waals surface area contributed by atoms with Crippen molar-refractivity contribution in [2.24, 2.45) is 15.0 Å². The van der Waals surface area contributed by atoms with E-state index in [0.29, 0.717) is 12.2 Å². The van der Waals surface area contributed by atoms with Crippen LogP contribution in [0.2, 0.25) is 0 Å². The molecule has 0 unspecified atom stereocenters. The summed E-state index contributed by atoms with van der Waals surface area (Å²) >= 11 is 0. The van der Waals surface area contributed by atoms with Crippen LogP contribution in [0.25, 0.3) is 0 Å². The normalized spacial score (nSPS) is 8.36. The van der Waals surface area contributed by atoms with Crippen LogP contribution >= 0.6 is 0 Å². The quantitative estimate of drug-likeness (QED) is 0.345. The first-order valence-electron chi connectivity index (χ1n) is 10.7. The van der Waals surface area contributed by atoms with E-state index in [4.69, 9.17) is 10.2 Å². The number of aliphatic imine (C=N–C) groups is 3. The summed E-state index contributed by atoms with van der Waals surface area (Å²) in [7, 11) is 0. The van der Waals surface area contributed by atoms with Gasteiger partial charge in [0.25, 0.3) is 0 Å². The van der Waals surface area contributed by atoms with Crippen LogP contribution in [0.4, 0.5) is 11.4 Å². The second-order valence-corrected chi connectivity index (χ2v) is 7.37. The van der Waals surface area contributed by atoms with Gasteiger partial charge in [-0.2, -0.15) is 9.98 Å². The highest BCUT2D eigenvalue weighted by Gasteiger charge is 1.98. The smallest absolute Gasteiger partial charge is 0.222 e. The Bertz CT molecular complexity index is 1290. The van der Waals surface area contributed by atoms with E-state index in [-0.39, 0.29) is 0 Å². The van der Waals surface area contributed by atoms with Crippen molar-refractivity contribution in [3.63, 3.8) is 0 Å². The average molecular weight is 485 g/mol. The fraction of sp³-hybridized carbons (Fsp3) is 0.214. The Balaban J connectivity index is 0.000000483. The van der Waals surface area contributed by atoms with E-state index < -0.39 is 0 Å². The fourth-order valence-electron chi connectivity index (χ4n) is 2.82. The van der Waals surface area contributed by atoms with Crippen molar-refractivity contribution in [1.29, 1.82) is 5.41 Å². The van der Waals surface area contributed by atoms with Crippen molar-refractivity contribution in [1.82, 2.24) is 0 Å². The molecule has 184 valence electrons. The topological polar surface area (TPSA) is 129 Å². The molecule has 8 nitrogen and oxygen atoms in total. The summed E-state index contributed by atoms with van der Waals surface area (Å²) in [6.45, 7) is 10.1. The molecule has 0 aromatic heterocycles. The molecule has 0 atom stereocenters. The van der Waals surface area contributed by atoms with Crippen molar-refractivity contribution >= 4 is 35.7 Å². The van der Waals surface area contributed by atoms with E-state index in [9.17, 15) is 14.4 Å². The summed E-state index contributed by atoms with van der Waals surface area (Å²) in [5, 5.41) is 5.40. The predicted molar refractivity (Wildman–Crippen MR) is 139 cm³/mol. The van der Waals surface area contributed by atoms with E-state index in [0.717, 1.165) is 45.1 Å². The number of nitrogens with one attached hydrogen (secondary N) is 1. The maximum absolute atomic E-state index is 9.99. The molecular formula is C28H28N4O4. The summed E-state index contributed by atoms with van der Waals surface area (Å²) in [6, 6.07) is 19.4. The van der Waals surface area contributed by atoms with Gasteiger partial charge < -0.3 is 0 Å². The van der Waals surface area contributed by atoms with Gasteiger partial charge in [-0.1, -0.05) is 54.6 Å². The molecule has 0 aliphatic heterocycles. The van der Waals surface area contributed by atoms with Crippen molar-refractivity contribution in [2.75, 3.05) is 0 Å². The van der Waals surface area contributed by atoms with Gasteiger partial charge >= 0.3 is 0 Å². The highest BCUT2D eigenvalue weighted by atomic mass is 16.1. The van der Waals surface area contributed by atoms with Crippen molar-refractivity contribution < 1.29 is 19.2 Å². The number of hydrogen-bond donors (Lipinski definition) is 1. The van der Waals surface area contributed by atoms with E-state index in [2.05, 4.69) is 15.0 Å². The van der Waals surface area contributed by atoms with Gasteiger partial charge in [0.2, 0.25) is 24.3 Å². The lowest BCUT2D eigenvalue weighted by Crippen LogP contribution is -1.84. The molecule has 0 fully saturated rings. The lowest BCUT2D eigenvalue weighted by atomic mass is 10.1. The average Bonchev–Trinajstić information content (AvgIpc) is 2.85. The van der Waals surface area contributed by atoms with Crippen LogP contribution in [0.3, 0.4) is 0 Å². The summed E-state index contributed by atoms with van der Waals surface area (Å²) in [5.74, 6) is 0. The summed E-state index contributed by atoms with van der Waals surface area (Å²) in [6.07, 6.45) is 5.34. The molecule has 0 heterocycles. The van der Waals surface area contributed by atoms with E-state index in [1.165, 1.54) is 12.2 Å². The van der Waals surface area contributed by atoms with Crippen LogP contribution in [0.15, 0.2) is 75.6 Å². The first-order chi connectivity index (χ1) is 17.2. The molecule has 0 spiro atoms. The van der Waals surface area contributed by atoms with Crippen molar-refractivity contribution in [3.8, 4) is 0 Å². The molecule has 0 amide bonds. The third kappa shape index (κ3) is 12.4. The second kappa shape index (κ2) is 18.6. The molecule has 0 bridgehead atoms. The zero-order valence-electron chi connectivity index (χ0n) is 21.0. The van der Waals surface area contributed by atoms with Gasteiger partial charge in [0.15, 0.2) is 0 Å². The number of aryl methyl sites for hydroxylation is 5. The number of rotatable bonds is 4. The monoisotopic (exact) mass is 484 g/mol. The largest absolute Gasteiger partial charge is 0.240 e. The summed E-state index contributed by atoms with van der Waals surface area (Å²) in [5.41, 5.74) is 7.80. The van der Waals surface area contributed by atoms with Crippen LogP contribution < -0.4 is 0 Å². The van der Waals surface area contributed by atoms with Gasteiger partial charge in [-0.15, -0.1) is 0 Å². The molecule has 0 aliphatic carbocycles. The van der Waals surface area contributed by atoms with Crippen molar-refractivity contribution in [3.05, 3.63) is 94.0 Å². The number of hydrogen-bond acceptors (Lipinski definition) is 8. The zero-order valence-corrected chi connectivity index (χ0v) is 21.0. The van der Waals surface area contributed by atoms with Crippen LogP contribution in [-0.4, -0.2) is 24.3 Å². The molecule has 0 saturated heterocycles. The van der Waals surface area contributed by atoms with Crippen molar-refractivity contribution in [2.45, 2.75) is 41.2 Å². The van der Waals surface area contributed by atoms with Gasteiger partial charge in [-0.25, -0.2) is 29.6 Å². The highest BCUT2D eigenvalue weighted by Crippen LogP contribution is 2.21. The number of isocyanates is 4. The maximum atomic E-state index is 9.99. The lowest BCUT2D eigenvalue weighted by Gasteiger charge is -1.99. The number of carbonyl (C=O) groups excluding carboxylic acids is 4. The minimum absolute atomic E-state index is 0.441. The Hall–Kier alpha value is -4.82. The molecule has 8 heteroatoms. The third-order valence-corrected chi connectivity index (χ3v) is 4.70. The van der Waals surface area contributed by atoms with E-state index in [1.54, 1.807) is 6.08 Å². The molecule has 0 radical (unpaired) electrons. The standard InChI is InChI=1S/3C9H9NO.CHNO/c1-7-3-4-8(2)9(5-7)10-6-11;1-7-4-3-5-8(2)9(7)10-6-11;1-8-4-2-3-5-9(8)6-10-7-11;2-1-3/h2*3-5H,1-2H3;2-5H,6H2,1H3;2H. The maximum Gasteiger partial charge on any atom is 0.240 e. The number of nitrogens with zero attached hydrogens (tertiary/aromatic N) is 3. The summed E-state index contributed by atoms with van der Waals surface area (Å²) in [4.78, 5) is 48.7. The zero-order chi connectivity index (χ0) is 27.3. The van der Waals surface area contributed by atoms with Gasteiger partial charge in [-0.3, -0.25) is 0 Å². The molecule has 0 saturated carbocycles. The van der Waals surface area contributed by atoms with Crippen LogP contribution in [0.5, 0.6) is 0 Å². The Morgan fingerprint density at radius 3 is 1.75 bits per heavy atom. The van der Waals surface area contributed by atoms with Gasteiger partial charge in [-0.05, 0) is 74.1 Å². The Kier molecular flexibility index (Phi) is 16.1. The van der Waals surface area contributed by atoms with Gasteiger partial charge in [0.1, 0.15) is 0 Å². The SMILES string of the molecule is Cc1ccc(C)c(N=C=O)c1.Cc1cccc(C)c1N=C=O.Cc1ccccc1CN=C=O.N=C=O. The van der Waals surface area contributed by atoms with Crippen LogP contribution in [0, 0.1) is 40.0 Å². The van der Waals surface area contributed by atoms with Crippen LogP contribution in [0.1, 0.15) is 33.4 Å². The first kappa shape index (κ1) is 31.2. The Morgan fingerprint density at radius 2 is 1.22 bits per heavy atom. The first-order valence-corrected chi connectivity index (χ1v) is 10.7. The molecule has 3 aromatic carbocycles. The number of benzene rings is 3. The lowest BCUT2D eigenvalue weighted by molar-refractivity contribution is 0.562. The van der Waals surface area contributed by atoms with E-state index >= 15 is 0 Å². The Labute approximate surface area is 210 Å². The molecule has 1 N–H and O–H groups in total. The molecule has 3 aromatic rings.